The molecule has 2 fully saturated rings. The largest absolute Gasteiger partial charge is 0.310 e. The summed E-state index contributed by atoms with van der Waals surface area (Å²) in [7, 11) is 0. The Hall–Kier alpha value is -0.340. The highest BCUT2D eigenvalue weighted by molar-refractivity contribution is 4.97. The first-order valence-corrected chi connectivity index (χ1v) is 6.43. The summed E-state index contributed by atoms with van der Waals surface area (Å²) in [4.78, 5) is 2.63. The van der Waals surface area contributed by atoms with Crippen LogP contribution in [0.1, 0.15) is 38.5 Å². The highest BCUT2D eigenvalue weighted by Crippen LogP contribution is 2.31. The van der Waals surface area contributed by atoms with Gasteiger partial charge in [0.1, 0.15) is 0 Å². The summed E-state index contributed by atoms with van der Waals surface area (Å²) in [6.07, 6.45) is 10.1. The summed E-state index contributed by atoms with van der Waals surface area (Å²) in [5, 5.41) is 3.80. The Balaban J connectivity index is 1.92. The fraction of sp³-hybridized carbons (Fsp3) is 0.846. The third-order valence-corrected chi connectivity index (χ3v) is 3.89. The topological polar surface area (TPSA) is 15.3 Å². The molecule has 2 aliphatic rings. The van der Waals surface area contributed by atoms with Gasteiger partial charge in [-0.2, -0.15) is 0 Å². The molecule has 0 atom stereocenters. The maximum absolute atomic E-state index is 3.82. The van der Waals surface area contributed by atoms with Crippen LogP contribution in [0.15, 0.2) is 12.7 Å². The van der Waals surface area contributed by atoms with Gasteiger partial charge in [-0.1, -0.05) is 18.9 Å². The molecule has 0 amide bonds. The van der Waals surface area contributed by atoms with Crippen LogP contribution in [-0.2, 0) is 0 Å². The molecule has 1 spiro atoms. The molecule has 1 saturated heterocycles. The van der Waals surface area contributed by atoms with Gasteiger partial charge >= 0.3 is 0 Å². The van der Waals surface area contributed by atoms with Crippen LogP contribution in [0.5, 0.6) is 0 Å². The van der Waals surface area contributed by atoms with Gasteiger partial charge in [0.2, 0.25) is 0 Å². The van der Waals surface area contributed by atoms with E-state index in [0.29, 0.717) is 5.54 Å². The summed E-state index contributed by atoms with van der Waals surface area (Å²) in [6, 6.07) is 0. The van der Waals surface area contributed by atoms with Crippen molar-refractivity contribution in [1.82, 2.24) is 10.2 Å². The molecule has 0 bridgehead atoms. The van der Waals surface area contributed by atoms with Gasteiger partial charge in [-0.25, -0.2) is 0 Å². The summed E-state index contributed by atoms with van der Waals surface area (Å²) >= 11 is 0. The molecule has 1 aliphatic heterocycles. The molecule has 0 aromatic rings. The fourth-order valence-corrected chi connectivity index (χ4v) is 3.07. The first-order chi connectivity index (χ1) is 7.35. The zero-order chi connectivity index (χ0) is 10.6. The van der Waals surface area contributed by atoms with E-state index < -0.39 is 0 Å². The second kappa shape index (κ2) is 5.13. The Morgan fingerprint density at radius 3 is 2.80 bits per heavy atom. The van der Waals surface area contributed by atoms with Crippen LogP contribution in [0, 0.1) is 0 Å². The second-order valence-corrected chi connectivity index (χ2v) is 5.12. The van der Waals surface area contributed by atoms with E-state index in [0.717, 1.165) is 6.42 Å². The highest BCUT2D eigenvalue weighted by Gasteiger charge is 2.35. The van der Waals surface area contributed by atoms with Crippen molar-refractivity contribution in [3.63, 3.8) is 0 Å². The van der Waals surface area contributed by atoms with Crippen LogP contribution in [0.3, 0.4) is 0 Å². The fourth-order valence-electron chi connectivity index (χ4n) is 3.07. The summed E-state index contributed by atoms with van der Waals surface area (Å²) < 4.78 is 0. The number of hydrogen-bond donors (Lipinski definition) is 1. The maximum Gasteiger partial charge on any atom is 0.0308 e. The zero-order valence-electron chi connectivity index (χ0n) is 9.80. The van der Waals surface area contributed by atoms with Crippen LogP contribution in [0.25, 0.3) is 0 Å². The van der Waals surface area contributed by atoms with E-state index >= 15 is 0 Å². The van der Waals surface area contributed by atoms with E-state index in [9.17, 15) is 0 Å². The number of nitrogens with one attached hydrogen (secondary N) is 1. The zero-order valence-corrected chi connectivity index (χ0v) is 9.80. The Morgan fingerprint density at radius 1 is 1.27 bits per heavy atom. The lowest BCUT2D eigenvalue weighted by Crippen LogP contribution is -2.49. The molecule has 0 aromatic heterocycles. The predicted molar refractivity (Wildman–Crippen MR) is 65.1 cm³/mol. The van der Waals surface area contributed by atoms with Crippen molar-refractivity contribution >= 4 is 0 Å². The SMILES string of the molecule is C=CCCN1CCCNC2(CCCC2)C1. The normalized spacial score (nSPS) is 26.7. The number of hydrogen-bond acceptors (Lipinski definition) is 2. The standard InChI is InChI=1S/C13H24N2/c1-2-3-10-15-11-6-9-14-13(12-15)7-4-5-8-13/h2,14H,1,3-12H2. The molecule has 1 heterocycles. The molecular formula is C13H24N2. The molecule has 1 aliphatic carbocycles. The van der Waals surface area contributed by atoms with E-state index in [-0.39, 0.29) is 0 Å². The lowest BCUT2D eigenvalue weighted by atomic mass is 9.97. The minimum atomic E-state index is 0.470. The first kappa shape index (κ1) is 11.2. The highest BCUT2D eigenvalue weighted by atomic mass is 15.2. The van der Waals surface area contributed by atoms with E-state index in [1.54, 1.807) is 0 Å². The first-order valence-electron chi connectivity index (χ1n) is 6.43. The van der Waals surface area contributed by atoms with Crippen LogP contribution >= 0.6 is 0 Å². The van der Waals surface area contributed by atoms with Gasteiger partial charge in [-0.05, 0) is 38.8 Å². The van der Waals surface area contributed by atoms with Gasteiger partial charge in [0.05, 0.1) is 0 Å². The molecule has 86 valence electrons. The average molecular weight is 208 g/mol. The lowest BCUT2D eigenvalue weighted by molar-refractivity contribution is 0.213. The van der Waals surface area contributed by atoms with Crippen molar-refractivity contribution in [1.29, 1.82) is 0 Å². The molecule has 1 N–H and O–H groups in total. The monoisotopic (exact) mass is 208 g/mol. The Bertz CT molecular complexity index is 207. The van der Waals surface area contributed by atoms with Crippen molar-refractivity contribution in [3.05, 3.63) is 12.7 Å². The van der Waals surface area contributed by atoms with Crippen LogP contribution in [0.2, 0.25) is 0 Å². The number of rotatable bonds is 3. The van der Waals surface area contributed by atoms with E-state index in [1.807, 2.05) is 6.08 Å². The Morgan fingerprint density at radius 2 is 2.07 bits per heavy atom. The minimum absolute atomic E-state index is 0.470. The predicted octanol–water partition coefficient (Wildman–Crippen LogP) is 2.17. The van der Waals surface area contributed by atoms with Crippen molar-refractivity contribution < 1.29 is 0 Å². The Kier molecular flexibility index (Phi) is 3.81. The summed E-state index contributed by atoms with van der Waals surface area (Å²) in [5.74, 6) is 0. The molecule has 0 unspecified atom stereocenters. The van der Waals surface area contributed by atoms with Gasteiger partial charge < -0.3 is 10.2 Å². The quantitative estimate of drug-likeness (QED) is 0.715. The molecule has 2 heteroatoms. The maximum atomic E-state index is 3.82. The smallest absolute Gasteiger partial charge is 0.0308 e. The lowest BCUT2D eigenvalue weighted by Gasteiger charge is -2.33. The molecule has 15 heavy (non-hydrogen) atoms. The molecule has 1 saturated carbocycles. The van der Waals surface area contributed by atoms with Gasteiger partial charge in [0.15, 0.2) is 0 Å². The third-order valence-electron chi connectivity index (χ3n) is 3.89. The van der Waals surface area contributed by atoms with Gasteiger partial charge in [-0.3, -0.25) is 0 Å². The van der Waals surface area contributed by atoms with Crippen molar-refractivity contribution in [2.24, 2.45) is 0 Å². The van der Waals surface area contributed by atoms with Crippen molar-refractivity contribution in [2.45, 2.75) is 44.1 Å². The summed E-state index contributed by atoms with van der Waals surface area (Å²) in [5.41, 5.74) is 0.470. The van der Waals surface area contributed by atoms with Crippen LogP contribution < -0.4 is 5.32 Å². The molecule has 0 radical (unpaired) electrons. The average Bonchev–Trinajstić information content (AvgIpc) is 2.58. The molecule has 2 nitrogen and oxygen atoms in total. The minimum Gasteiger partial charge on any atom is -0.310 e. The third kappa shape index (κ3) is 2.82. The van der Waals surface area contributed by atoms with Crippen molar-refractivity contribution in [2.75, 3.05) is 26.2 Å². The Labute approximate surface area is 93.7 Å². The second-order valence-electron chi connectivity index (χ2n) is 5.12. The molecule has 2 rings (SSSR count). The van der Waals surface area contributed by atoms with Crippen molar-refractivity contribution in [3.8, 4) is 0 Å². The molecule has 0 aromatic carbocycles. The van der Waals surface area contributed by atoms with Gasteiger partial charge in [0, 0.05) is 18.6 Å². The summed E-state index contributed by atoms with van der Waals surface area (Å²) in [6.45, 7) is 8.76. The van der Waals surface area contributed by atoms with E-state index in [1.165, 1.54) is 58.3 Å². The van der Waals surface area contributed by atoms with Crippen LogP contribution in [0.4, 0.5) is 0 Å². The van der Waals surface area contributed by atoms with Crippen LogP contribution in [-0.4, -0.2) is 36.6 Å². The van der Waals surface area contributed by atoms with Gasteiger partial charge in [0.25, 0.3) is 0 Å². The van der Waals surface area contributed by atoms with E-state index in [2.05, 4.69) is 16.8 Å². The van der Waals surface area contributed by atoms with E-state index in [4.69, 9.17) is 0 Å². The van der Waals surface area contributed by atoms with Gasteiger partial charge in [-0.15, -0.1) is 6.58 Å². The number of nitrogens with zero attached hydrogens (tertiary/aromatic N) is 1. The molecular weight excluding hydrogens is 184 g/mol.